The predicted octanol–water partition coefficient (Wildman–Crippen LogP) is 1.57. The molecule has 0 bridgehead atoms. The maximum Gasteiger partial charge on any atom is 0.222 e. The second-order valence-electron chi connectivity index (χ2n) is 4.13. The van der Waals surface area contributed by atoms with Gasteiger partial charge in [-0.25, -0.2) is 4.68 Å². The quantitative estimate of drug-likeness (QED) is 0.644. The van der Waals surface area contributed by atoms with Crippen LogP contribution in [0.25, 0.3) is 0 Å². The van der Waals surface area contributed by atoms with Crippen LogP contribution in [0.1, 0.15) is 39.4 Å². The molecule has 1 aromatic rings. The standard InChI is InChI=1S/C12H23N5OS/c1-4-16(5-2)12(18)8-7-9-19-10-11-13-14-15-17(11)6-3/h4-10H2,1-3H3. The van der Waals surface area contributed by atoms with Crippen LogP contribution in [-0.4, -0.2) is 49.9 Å². The highest BCUT2D eigenvalue weighted by atomic mass is 32.2. The van der Waals surface area contributed by atoms with Crippen molar-refractivity contribution in [3.63, 3.8) is 0 Å². The van der Waals surface area contributed by atoms with Crippen LogP contribution in [0.2, 0.25) is 0 Å². The van der Waals surface area contributed by atoms with Crippen LogP contribution >= 0.6 is 11.8 Å². The Morgan fingerprint density at radius 3 is 2.68 bits per heavy atom. The van der Waals surface area contributed by atoms with Crippen molar-refractivity contribution in [2.24, 2.45) is 0 Å². The fraction of sp³-hybridized carbons (Fsp3) is 0.833. The number of thioether (sulfide) groups is 1. The maximum absolute atomic E-state index is 11.8. The molecule has 0 atom stereocenters. The Bertz CT molecular complexity index is 378. The first-order chi connectivity index (χ1) is 9.22. The van der Waals surface area contributed by atoms with E-state index in [-0.39, 0.29) is 5.91 Å². The van der Waals surface area contributed by atoms with Crippen LogP contribution in [0.4, 0.5) is 0 Å². The van der Waals surface area contributed by atoms with Crippen LogP contribution in [0.15, 0.2) is 0 Å². The summed E-state index contributed by atoms with van der Waals surface area (Å²) in [5.41, 5.74) is 0. The number of amides is 1. The summed E-state index contributed by atoms with van der Waals surface area (Å²) in [6, 6.07) is 0. The molecule has 0 N–H and O–H groups in total. The Morgan fingerprint density at radius 1 is 1.32 bits per heavy atom. The summed E-state index contributed by atoms with van der Waals surface area (Å²) < 4.78 is 1.80. The first kappa shape index (κ1) is 15.9. The van der Waals surface area contributed by atoms with E-state index in [0.717, 1.165) is 43.4 Å². The highest BCUT2D eigenvalue weighted by Crippen LogP contribution is 2.12. The van der Waals surface area contributed by atoms with Gasteiger partial charge in [0, 0.05) is 26.1 Å². The van der Waals surface area contributed by atoms with Gasteiger partial charge in [-0.2, -0.15) is 11.8 Å². The number of hydrogen-bond acceptors (Lipinski definition) is 5. The Morgan fingerprint density at radius 2 is 2.05 bits per heavy atom. The molecule has 0 radical (unpaired) electrons. The molecule has 19 heavy (non-hydrogen) atoms. The highest BCUT2D eigenvalue weighted by Gasteiger charge is 2.09. The normalized spacial score (nSPS) is 10.7. The second-order valence-corrected chi connectivity index (χ2v) is 5.24. The molecule has 1 heterocycles. The van der Waals surface area contributed by atoms with Crippen molar-refractivity contribution >= 4 is 17.7 Å². The first-order valence-corrected chi connectivity index (χ1v) is 7.98. The lowest BCUT2D eigenvalue weighted by molar-refractivity contribution is -0.130. The van der Waals surface area contributed by atoms with Crippen LogP contribution in [0.3, 0.4) is 0 Å². The molecule has 0 aliphatic rings. The van der Waals surface area contributed by atoms with Crippen molar-refractivity contribution in [1.82, 2.24) is 25.1 Å². The zero-order valence-corrected chi connectivity index (χ0v) is 12.8. The zero-order valence-electron chi connectivity index (χ0n) is 12.0. The lowest BCUT2D eigenvalue weighted by Crippen LogP contribution is -2.30. The van der Waals surface area contributed by atoms with Gasteiger partial charge in [-0.1, -0.05) is 0 Å². The molecular formula is C12H23N5OS. The smallest absolute Gasteiger partial charge is 0.222 e. The molecule has 1 aromatic heterocycles. The molecule has 0 spiro atoms. The van der Waals surface area contributed by atoms with E-state index in [9.17, 15) is 4.79 Å². The van der Waals surface area contributed by atoms with Gasteiger partial charge in [0.15, 0.2) is 5.82 Å². The van der Waals surface area contributed by atoms with E-state index in [4.69, 9.17) is 0 Å². The first-order valence-electron chi connectivity index (χ1n) is 6.83. The molecule has 1 amide bonds. The Balaban J connectivity index is 2.16. The fourth-order valence-corrected chi connectivity index (χ4v) is 2.68. The average molecular weight is 285 g/mol. The third kappa shape index (κ3) is 5.18. The molecule has 0 saturated carbocycles. The third-order valence-corrected chi connectivity index (χ3v) is 3.97. The Kier molecular flexibility index (Phi) is 7.47. The van der Waals surface area contributed by atoms with Gasteiger partial charge in [0.1, 0.15) is 0 Å². The number of carbonyl (C=O) groups is 1. The molecule has 0 fully saturated rings. The topological polar surface area (TPSA) is 63.9 Å². The van der Waals surface area contributed by atoms with Crippen LogP contribution < -0.4 is 0 Å². The number of nitrogens with zero attached hydrogens (tertiary/aromatic N) is 5. The summed E-state index contributed by atoms with van der Waals surface area (Å²) in [5, 5.41) is 11.5. The second kappa shape index (κ2) is 8.90. The van der Waals surface area contributed by atoms with Gasteiger partial charge in [0.2, 0.25) is 5.91 Å². The van der Waals surface area contributed by atoms with Gasteiger partial charge in [0.05, 0.1) is 5.75 Å². The summed E-state index contributed by atoms with van der Waals surface area (Å²) in [6.45, 7) is 8.44. The lowest BCUT2D eigenvalue weighted by atomic mass is 10.3. The number of hydrogen-bond donors (Lipinski definition) is 0. The van der Waals surface area contributed by atoms with Gasteiger partial charge < -0.3 is 4.90 Å². The summed E-state index contributed by atoms with van der Waals surface area (Å²) in [5.74, 6) is 2.93. The van der Waals surface area contributed by atoms with Gasteiger partial charge in [-0.3, -0.25) is 4.79 Å². The van der Waals surface area contributed by atoms with Crippen molar-refractivity contribution in [3.05, 3.63) is 5.82 Å². The average Bonchev–Trinajstić information content (AvgIpc) is 2.87. The van der Waals surface area contributed by atoms with Crippen molar-refractivity contribution in [2.45, 2.75) is 45.9 Å². The Labute approximate surface area is 118 Å². The Hall–Kier alpha value is -1.11. The summed E-state index contributed by atoms with van der Waals surface area (Å²) in [6.07, 6.45) is 1.54. The SMILES string of the molecule is CCN(CC)C(=O)CCCSCc1nnnn1CC. The molecule has 7 heteroatoms. The molecule has 0 aromatic carbocycles. The molecular weight excluding hydrogens is 262 g/mol. The number of aryl methyl sites for hydroxylation is 1. The van der Waals surface area contributed by atoms with Crippen molar-refractivity contribution in [2.75, 3.05) is 18.8 Å². The van der Waals surface area contributed by atoms with Crippen LogP contribution in [0, 0.1) is 0 Å². The van der Waals surface area contributed by atoms with Crippen molar-refractivity contribution in [1.29, 1.82) is 0 Å². The van der Waals surface area contributed by atoms with E-state index >= 15 is 0 Å². The van der Waals surface area contributed by atoms with Crippen molar-refractivity contribution < 1.29 is 4.79 Å². The largest absolute Gasteiger partial charge is 0.343 e. The fourth-order valence-electron chi connectivity index (χ4n) is 1.80. The summed E-state index contributed by atoms with van der Waals surface area (Å²) >= 11 is 1.78. The monoisotopic (exact) mass is 285 g/mol. The van der Waals surface area contributed by atoms with E-state index in [2.05, 4.69) is 15.5 Å². The molecule has 108 valence electrons. The van der Waals surface area contributed by atoms with E-state index in [0.29, 0.717) is 6.42 Å². The van der Waals surface area contributed by atoms with Gasteiger partial charge in [0.25, 0.3) is 0 Å². The van der Waals surface area contributed by atoms with E-state index in [1.807, 2.05) is 25.7 Å². The number of tetrazole rings is 1. The minimum Gasteiger partial charge on any atom is -0.343 e. The minimum atomic E-state index is 0.254. The molecule has 0 aliphatic heterocycles. The predicted molar refractivity (Wildman–Crippen MR) is 76.8 cm³/mol. The molecule has 0 saturated heterocycles. The lowest BCUT2D eigenvalue weighted by Gasteiger charge is -2.18. The summed E-state index contributed by atoms with van der Waals surface area (Å²) in [4.78, 5) is 13.7. The number of aromatic nitrogens is 4. The molecule has 0 unspecified atom stereocenters. The minimum absolute atomic E-state index is 0.254. The van der Waals surface area contributed by atoms with Crippen molar-refractivity contribution in [3.8, 4) is 0 Å². The molecule has 1 rings (SSSR count). The zero-order chi connectivity index (χ0) is 14.1. The third-order valence-electron chi connectivity index (χ3n) is 2.93. The van der Waals surface area contributed by atoms with Crippen LogP contribution in [-0.2, 0) is 17.1 Å². The van der Waals surface area contributed by atoms with E-state index in [1.54, 1.807) is 16.4 Å². The number of rotatable bonds is 9. The van der Waals surface area contributed by atoms with E-state index < -0.39 is 0 Å². The van der Waals surface area contributed by atoms with Gasteiger partial charge in [-0.05, 0) is 43.4 Å². The van der Waals surface area contributed by atoms with Gasteiger partial charge in [-0.15, -0.1) is 5.10 Å². The highest BCUT2D eigenvalue weighted by molar-refractivity contribution is 7.98. The summed E-state index contributed by atoms with van der Waals surface area (Å²) in [7, 11) is 0. The van der Waals surface area contributed by atoms with E-state index in [1.165, 1.54) is 0 Å². The molecule has 0 aliphatic carbocycles. The maximum atomic E-state index is 11.8. The van der Waals surface area contributed by atoms with Crippen LogP contribution in [0.5, 0.6) is 0 Å². The van der Waals surface area contributed by atoms with Gasteiger partial charge >= 0.3 is 0 Å². The number of carbonyl (C=O) groups excluding carboxylic acids is 1. The molecule has 6 nitrogen and oxygen atoms in total.